The zero-order valence-corrected chi connectivity index (χ0v) is 9.43. The molecule has 0 aromatic rings. The highest BCUT2D eigenvalue weighted by molar-refractivity contribution is 5.79. The van der Waals surface area contributed by atoms with Gasteiger partial charge in [0.25, 0.3) is 0 Å². The Balaban J connectivity index is 2.42. The second-order valence-electron chi connectivity index (χ2n) is 4.27. The van der Waals surface area contributed by atoms with Crippen molar-refractivity contribution in [1.29, 1.82) is 0 Å². The molecule has 1 rings (SSSR count). The summed E-state index contributed by atoms with van der Waals surface area (Å²) < 4.78 is 25.7. The summed E-state index contributed by atoms with van der Waals surface area (Å²) in [6.45, 7) is 1.87. The smallest absolute Gasteiger partial charge is 0.248 e. The highest BCUT2D eigenvalue weighted by atomic mass is 19.3. The molecule has 0 bridgehead atoms. The van der Waals surface area contributed by atoms with E-state index in [0.29, 0.717) is 6.42 Å². The molecule has 0 saturated heterocycles. The normalized spacial score (nSPS) is 22.1. The van der Waals surface area contributed by atoms with E-state index in [4.69, 9.17) is 6.42 Å². The van der Waals surface area contributed by atoms with E-state index in [1.54, 1.807) is 0 Å². The number of hydrogen-bond acceptors (Lipinski definition) is 1. The number of carbonyl (C=O) groups is 1. The fraction of sp³-hybridized carbons (Fsp3) is 0.750. The summed E-state index contributed by atoms with van der Waals surface area (Å²) in [4.78, 5) is 11.7. The SMILES string of the molecule is C#CC(CC)NC(=O)C1CCC(F)(F)CC1. The van der Waals surface area contributed by atoms with Gasteiger partial charge in [0.05, 0.1) is 6.04 Å². The first-order valence-corrected chi connectivity index (χ1v) is 5.63. The van der Waals surface area contributed by atoms with Gasteiger partial charge >= 0.3 is 0 Å². The molecule has 0 spiro atoms. The van der Waals surface area contributed by atoms with Crippen molar-refractivity contribution in [2.75, 3.05) is 0 Å². The van der Waals surface area contributed by atoms with Crippen LogP contribution in [0.15, 0.2) is 0 Å². The van der Waals surface area contributed by atoms with Gasteiger partial charge in [0.15, 0.2) is 0 Å². The molecule has 1 unspecified atom stereocenters. The van der Waals surface area contributed by atoms with E-state index in [0.717, 1.165) is 0 Å². The van der Waals surface area contributed by atoms with Gasteiger partial charge in [0.2, 0.25) is 11.8 Å². The third-order valence-corrected chi connectivity index (χ3v) is 3.01. The van der Waals surface area contributed by atoms with Crippen LogP contribution in [-0.4, -0.2) is 17.9 Å². The molecule has 1 N–H and O–H groups in total. The minimum Gasteiger partial charge on any atom is -0.342 e. The fourth-order valence-corrected chi connectivity index (χ4v) is 1.85. The number of rotatable bonds is 3. The molecule has 1 aliphatic rings. The van der Waals surface area contributed by atoms with Gasteiger partial charge in [-0.15, -0.1) is 6.42 Å². The van der Waals surface area contributed by atoms with E-state index >= 15 is 0 Å². The molecule has 2 nitrogen and oxygen atoms in total. The minimum atomic E-state index is -2.59. The third-order valence-electron chi connectivity index (χ3n) is 3.01. The maximum absolute atomic E-state index is 12.9. The van der Waals surface area contributed by atoms with Crippen LogP contribution in [0.5, 0.6) is 0 Å². The average molecular weight is 229 g/mol. The van der Waals surface area contributed by atoms with Crippen LogP contribution in [0.2, 0.25) is 0 Å². The average Bonchev–Trinajstić information content (AvgIpc) is 2.25. The first kappa shape index (κ1) is 13.0. The number of amides is 1. The van der Waals surface area contributed by atoms with Gasteiger partial charge in [-0.3, -0.25) is 4.79 Å². The van der Waals surface area contributed by atoms with Crippen molar-refractivity contribution in [3.05, 3.63) is 0 Å². The first-order valence-electron chi connectivity index (χ1n) is 5.63. The molecular formula is C12H17F2NO. The number of terminal acetylenes is 1. The molecule has 1 amide bonds. The van der Waals surface area contributed by atoms with Gasteiger partial charge in [0, 0.05) is 18.8 Å². The Morgan fingerprint density at radius 3 is 2.56 bits per heavy atom. The second kappa shape index (κ2) is 5.29. The van der Waals surface area contributed by atoms with Crippen LogP contribution in [-0.2, 0) is 4.79 Å². The van der Waals surface area contributed by atoms with Crippen molar-refractivity contribution >= 4 is 5.91 Å². The Morgan fingerprint density at radius 2 is 2.12 bits per heavy atom. The van der Waals surface area contributed by atoms with Gasteiger partial charge in [-0.25, -0.2) is 8.78 Å². The molecule has 1 fully saturated rings. The summed E-state index contributed by atoms with van der Waals surface area (Å²) in [5.41, 5.74) is 0. The molecule has 1 saturated carbocycles. The van der Waals surface area contributed by atoms with E-state index in [9.17, 15) is 13.6 Å². The molecule has 4 heteroatoms. The molecule has 1 aliphatic carbocycles. The number of hydrogen-bond donors (Lipinski definition) is 1. The summed E-state index contributed by atoms with van der Waals surface area (Å²) in [6, 6.07) is -0.282. The lowest BCUT2D eigenvalue weighted by Gasteiger charge is -2.28. The lowest BCUT2D eigenvalue weighted by atomic mass is 9.86. The zero-order chi connectivity index (χ0) is 12.2. The monoisotopic (exact) mass is 229 g/mol. The van der Waals surface area contributed by atoms with Crippen molar-refractivity contribution < 1.29 is 13.6 Å². The molecule has 0 radical (unpaired) electrons. The largest absolute Gasteiger partial charge is 0.342 e. The highest BCUT2D eigenvalue weighted by Gasteiger charge is 2.37. The maximum atomic E-state index is 12.9. The highest BCUT2D eigenvalue weighted by Crippen LogP contribution is 2.36. The van der Waals surface area contributed by atoms with Gasteiger partial charge in [-0.2, -0.15) is 0 Å². The Morgan fingerprint density at radius 1 is 1.56 bits per heavy atom. The molecule has 0 heterocycles. The number of carbonyl (C=O) groups excluding carboxylic acids is 1. The quantitative estimate of drug-likeness (QED) is 0.739. The summed E-state index contributed by atoms with van der Waals surface area (Å²) in [5, 5.41) is 2.69. The zero-order valence-electron chi connectivity index (χ0n) is 9.43. The van der Waals surface area contributed by atoms with E-state index in [-0.39, 0.29) is 43.6 Å². The van der Waals surface area contributed by atoms with Gasteiger partial charge < -0.3 is 5.32 Å². The number of halogens is 2. The van der Waals surface area contributed by atoms with Gasteiger partial charge in [0.1, 0.15) is 0 Å². The van der Waals surface area contributed by atoms with E-state index in [1.807, 2.05) is 6.92 Å². The van der Waals surface area contributed by atoms with Crippen LogP contribution in [0.1, 0.15) is 39.0 Å². The van der Waals surface area contributed by atoms with Crippen LogP contribution in [0.4, 0.5) is 8.78 Å². The van der Waals surface area contributed by atoms with Crippen molar-refractivity contribution in [2.24, 2.45) is 5.92 Å². The lowest BCUT2D eigenvalue weighted by molar-refractivity contribution is -0.129. The van der Waals surface area contributed by atoms with Gasteiger partial charge in [-0.05, 0) is 19.3 Å². The fourth-order valence-electron chi connectivity index (χ4n) is 1.85. The van der Waals surface area contributed by atoms with E-state index < -0.39 is 5.92 Å². The predicted octanol–water partition coefficient (Wildman–Crippen LogP) is 2.34. The lowest BCUT2D eigenvalue weighted by Crippen LogP contribution is -2.40. The summed E-state index contributed by atoms with van der Waals surface area (Å²) >= 11 is 0. The van der Waals surface area contributed by atoms with Crippen molar-refractivity contribution in [1.82, 2.24) is 5.32 Å². The standard InChI is InChI=1S/C12H17F2NO/c1-3-10(4-2)15-11(16)9-5-7-12(13,14)8-6-9/h1,9-10H,4-8H2,2H3,(H,15,16). The van der Waals surface area contributed by atoms with Crippen molar-refractivity contribution in [3.8, 4) is 12.3 Å². The Labute approximate surface area is 94.8 Å². The molecule has 0 aromatic carbocycles. The van der Waals surface area contributed by atoms with Gasteiger partial charge in [-0.1, -0.05) is 12.8 Å². The molecule has 16 heavy (non-hydrogen) atoms. The second-order valence-corrected chi connectivity index (χ2v) is 4.27. The third kappa shape index (κ3) is 3.48. The maximum Gasteiger partial charge on any atom is 0.248 e. The number of nitrogens with one attached hydrogen (secondary N) is 1. The van der Waals surface area contributed by atoms with E-state index in [1.165, 1.54) is 0 Å². The Bertz CT molecular complexity index is 286. The molecule has 90 valence electrons. The van der Waals surface area contributed by atoms with Crippen molar-refractivity contribution in [3.63, 3.8) is 0 Å². The summed E-state index contributed by atoms with van der Waals surface area (Å²) in [7, 11) is 0. The summed E-state index contributed by atoms with van der Waals surface area (Å²) in [6.07, 6.45) is 5.98. The number of alkyl halides is 2. The minimum absolute atomic E-state index is 0.180. The molecule has 0 aromatic heterocycles. The molecule has 0 aliphatic heterocycles. The van der Waals surface area contributed by atoms with Crippen LogP contribution in [0.25, 0.3) is 0 Å². The van der Waals surface area contributed by atoms with Crippen LogP contribution in [0.3, 0.4) is 0 Å². The van der Waals surface area contributed by atoms with Crippen LogP contribution in [0, 0.1) is 18.3 Å². The molecule has 1 atom stereocenters. The molecular weight excluding hydrogens is 212 g/mol. The first-order chi connectivity index (χ1) is 7.48. The van der Waals surface area contributed by atoms with Crippen LogP contribution >= 0.6 is 0 Å². The van der Waals surface area contributed by atoms with Crippen LogP contribution < -0.4 is 5.32 Å². The summed E-state index contributed by atoms with van der Waals surface area (Å²) in [5.74, 6) is -0.616. The van der Waals surface area contributed by atoms with Crippen molar-refractivity contribution in [2.45, 2.75) is 51.0 Å². The topological polar surface area (TPSA) is 29.1 Å². The van der Waals surface area contributed by atoms with E-state index in [2.05, 4.69) is 11.2 Å². The Kier molecular flexibility index (Phi) is 4.28. The Hall–Kier alpha value is -1.11. The predicted molar refractivity (Wildman–Crippen MR) is 58.0 cm³/mol.